The van der Waals surface area contributed by atoms with Gasteiger partial charge in [0.25, 0.3) is 0 Å². The van der Waals surface area contributed by atoms with E-state index in [1.807, 2.05) is 0 Å². The molecule has 0 aliphatic heterocycles. The van der Waals surface area contributed by atoms with Gasteiger partial charge < -0.3 is 14.2 Å². The van der Waals surface area contributed by atoms with E-state index in [2.05, 4.69) is 0 Å². The molecule has 0 unspecified atom stereocenters. The molecule has 0 atom stereocenters. The van der Waals surface area contributed by atoms with Crippen LogP contribution in [0.3, 0.4) is 0 Å². The number of esters is 1. The monoisotopic (exact) mass is 314 g/mol. The maximum Gasteiger partial charge on any atom is 0.338 e. The lowest BCUT2D eigenvalue weighted by Gasteiger charge is -2.14. The van der Waals surface area contributed by atoms with Gasteiger partial charge in [-0.3, -0.25) is 4.79 Å². The molecule has 0 saturated heterocycles. The van der Waals surface area contributed by atoms with Gasteiger partial charge in [-0.15, -0.1) is 0 Å². The zero-order valence-electron chi connectivity index (χ0n) is 13.3. The first-order valence-corrected chi connectivity index (χ1v) is 7.13. The smallest absolute Gasteiger partial charge is 0.338 e. The van der Waals surface area contributed by atoms with Gasteiger partial charge in [-0.1, -0.05) is 12.1 Å². The number of rotatable bonds is 6. The second kappa shape index (κ2) is 7.45. The van der Waals surface area contributed by atoms with Crippen molar-refractivity contribution in [3.8, 4) is 22.6 Å². The summed E-state index contributed by atoms with van der Waals surface area (Å²) in [6.07, 6.45) is 0.748. The molecule has 5 heteroatoms. The Labute approximate surface area is 134 Å². The molecular formula is C18H18O5. The van der Waals surface area contributed by atoms with Crippen molar-refractivity contribution < 1.29 is 23.8 Å². The average Bonchev–Trinajstić information content (AvgIpc) is 2.60. The van der Waals surface area contributed by atoms with E-state index >= 15 is 0 Å². The van der Waals surface area contributed by atoms with Crippen LogP contribution in [0.2, 0.25) is 0 Å². The van der Waals surface area contributed by atoms with Gasteiger partial charge in [0.2, 0.25) is 0 Å². The lowest BCUT2D eigenvalue weighted by atomic mass is 10.00. The van der Waals surface area contributed by atoms with Gasteiger partial charge >= 0.3 is 5.97 Å². The lowest BCUT2D eigenvalue weighted by molar-refractivity contribution is 0.0526. The number of methoxy groups -OCH3 is 2. The number of aldehydes is 1. The van der Waals surface area contributed by atoms with Crippen LogP contribution in [0.15, 0.2) is 36.4 Å². The molecule has 0 spiro atoms. The highest BCUT2D eigenvalue weighted by molar-refractivity contribution is 5.91. The van der Waals surface area contributed by atoms with Gasteiger partial charge in [-0.05, 0) is 36.8 Å². The van der Waals surface area contributed by atoms with E-state index < -0.39 is 0 Å². The Morgan fingerprint density at radius 2 is 1.78 bits per heavy atom. The fraction of sp³-hybridized carbons (Fsp3) is 0.222. The fourth-order valence-electron chi connectivity index (χ4n) is 2.27. The number of hydrogen-bond donors (Lipinski definition) is 0. The van der Waals surface area contributed by atoms with Crippen LogP contribution in [0.4, 0.5) is 0 Å². The maximum absolute atomic E-state index is 11.7. The van der Waals surface area contributed by atoms with Crippen LogP contribution < -0.4 is 9.47 Å². The predicted octanol–water partition coefficient (Wildman–Crippen LogP) is 3.36. The van der Waals surface area contributed by atoms with Gasteiger partial charge in [0, 0.05) is 11.1 Å². The normalized spacial score (nSPS) is 10.0. The first kappa shape index (κ1) is 16.5. The zero-order valence-corrected chi connectivity index (χ0v) is 13.3. The van der Waals surface area contributed by atoms with E-state index in [1.165, 1.54) is 14.2 Å². The van der Waals surface area contributed by atoms with E-state index in [4.69, 9.17) is 14.2 Å². The highest BCUT2D eigenvalue weighted by Crippen LogP contribution is 2.39. The quantitative estimate of drug-likeness (QED) is 0.604. The first-order valence-electron chi connectivity index (χ1n) is 7.13. The van der Waals surface area contributed by atoms with Crippen LogP contribution in [-0.4, -0.2) is 33.1 Å². The highest BCUT2D eigenvalue weighted by atomic mass is 16.5. The van der Waals surface area contributed by atoms with Gasteiger partial charge in [0.1, 0.15) is 6.29 Å². The van der Waals surface area contributed by atoms with Crippen LogP contribution in [0.25, 0.3) is 11.1 Å². The second-order valence-electron chi connectivity index (χ2n) is 4.72. The average molecular weight is 314 g/mol. The summed E-state index contributed by atoms with van der Waals surface area (Å²) in [5.41, 5.74) is 2.46. The predicted molar refractivity (Wildman–Crippen MR) is 86.3 cm³/mol. The Kier molecular flexibility index (Phi) is 5.36. The SMILES string of the molecule is CCOC(=O)c1ccc(-c2cc(C=O)cc(OC)c2OC)cc1. The van der Waals surface area contributed by atoms with E-state index in [1.54, 1.807) is 43.3 Å². The molecule has 0 heterocycles. The molecule has 2 rings (SSSR count). The summed E-state index contributed by atoms with van der Waals surface area (Å²) in [7, 11) is 3.05. The minimum absolute atomic E-state index is 0.326. The standard InChI is InChI=1S/C18H18O5/c1-4-23-18(20)14-7-5-13(6-8-14)15-9-12(11-19)10-16(21-2)17(15)22-3/h5-11H,4H2,1-3H3. The summed E-state index contributed by atoms with van der Waals surface area (Å²) in [5, 5.41) is 0. The Morgan fingerprint density at radius 3 is 2.30 bits per heavy atom. The van der Waals surface area contributed by atoms with Crippen molar-refractivity contribution in [2.75, 3.05) is 20.8 Å². The molecule has 0 N–H and O–H groups in total. The number of carbonyl (C=O) groups excluding carboxylic acids is 2. The Hall–Kier alpha value is -2.82. The lowest BCUT2D eigenvalue weighted by Crippen LogP contribution is -2.04. The van der Waals surface area contributed by atoms with E-state index in [9.17, 15) is 9.59 Å². The highest BCUT2D eigenvalue weighted by Gasteiger charge is 2.15. The molecule has 23 heavy (non-hydrogen) atoms. The van der Waals surface area contributed by atoms with Gasteiger partial charge in [0.05, 0.1) is 26.4 Å². The Morgan fingerprint density at radius 1 is 1.09 bits per heavy atom. The zero-order chi connectivity index (χ0) is 16.8. The largest absolute Gasteiger partial charge is 0.493 e. The molecule has 0 saturated carbocycles. The van der Waals surface area contributed by atoms with Crippen molar-refractivity contribution >= 4 is 12.3 Å². The number of carbonyl (C=O) groups is 2. The van der Waals surface area contributed by atoms with Crippen molar-refractivity contribution in [3.05, 3.63) is 47.5 Å². The van der Waals surface area contributed by atoms with Crippen molar-refractivity contribution in [2.24, 2.45) is 0 Å². The minimum atomic E-state index is -0.370. The molecule has 2 aromatic carbocycles. The molecule has 0 aliphatic carbocycles. The third-order valence-corrected chi connectivity index (χ3v) is 3.34. The van der Waals surface area contributed by atoms with Crippen LogP contribution in [0.1, 0.15) is 27.6 Å². The van der Waals surface area contributed by atoms with Crippen LogP contribution >= 0.6 is 0 Å². The molecular weight excluding hydrogens is 296 g/mol. The van der Waals surface area contributed by atoms with Gasteiger partial charge in [-0.2, -0.15) is 0 Å². The first-order chi connectivity index (χ1) is 11.1. The fourth-order valence-corrected chi connectivity index (χ4v) is 2.27. The van der Waals surface area contributed by atoms with Crippen LogP contribution in [0, 0.1) is 0 Å². The molecule has 0 bridgehead atoms. The van der Waals surface area contributed by atoms with E-state index in [-0.39, 0.29) is 5.97 Å². The Bertz CT molecular complexity index is 704. The number of ether oxygens (including phenoxy) is 3. The molecule has 0 aliphatic rings. The third-order valence-electron chi connectivity index (χ3n) is 3.34. The summed E-state index contributed by atoms with van der Waals surface area (Å²) in [6.45, 7) is 2.08. The minimum Gasteiger partial charge on any atom is -0.493 e. The van der Waals surface area contributed by atoms with E-state index in [0.717, 1.165) is 11.8 Å². The van der Waals surface area contributed by atoms with Gasteiger partial charge in [-0.25, -0.2) is 4.79 Å². The summed E-state index contributed by atoms with van der Waals surface area (Å²) in [4.78, 5) is 22.8. The van der Waals surface area contributed by atoms with Crippen molar-refractivity contribution in [2.45, 2.75) is 6.92 Å². The van der Waals surface area contributed by atoms with Crippen molar-refractivity contribution in [1.82, 2.24) is 0 Å². The van der Waals surface area contributed by atoms with Gasteiger partial charge in [0.15, 0.2) is 11.5 Å². The number of hydrogen-bond acceptors (Lipinski definition) is 5. The third kappa shape index (κ3) is 3.51. The molecule has 0 aromatic heterocycles. The maximum atomic E-state index is 11.7. The van der Waals surface area contributed by atoms with Crippen molar-refractivity contribution in [1.29, 1.82) is 0 Å². The van der Waals surface area contributed by atoms with Crippen LogP contribution in [0.5, 0.6) is 11.5 Å². The summed E-state index contributed by atoms with van der Waals surface area (Å²) >= 11 is 0. The molecule has 5 nitrogen and oxygen atoms in total. The summed E-state index contributed by atoms with van der Waals surface area (Å²) in [5.74, 6) is 0.633. The Balaban J connectivity index is 2.48. The summed E-state index contributed by atoms with van der Waals surface area (Å²) < 4.78 is 15.6. The topological polar surface area (TPSA) is 61.8 Å². The van der Waals surface area contributed by atoms with Crippen LogP contribution in [-0.2, 0) is 4.74 Å². The molecule has 0 amide bonds. The second-order valence-corrected chi connectivity index (χ2v) is 4.72. The molecule has 2 aromatic rings. The van der Waals surface area contributed by atoms with E-state index in [0.29, 0.717) is 34.8 Å². The number of benzene rings is 2. The molecule has 0 radical (unpaired) electrons. The van der Waals surface area contributed by atoms with Crippen molar-refractivity contribution in [3.63, 3.8) is 0 Å². The molecule has 0 fully saturated rings. The summed E-state index contributed by atoms with van der Waals surface area (Å²) in [6, 6.07) is 10.2. The molecule has 120 valence electrons.